The number of piperidine rings is 1. The summed E-state index contributed by atoms with van der Waals surface area (Å²) in [4.78, 5) is 24.8. The minimum absolute atomic E-state index is 0.00415. The molecule has 1 aromatic rings. The van der Waals surface area contributed by atoms with Gasteiger partial charge in [0.2, 0.25) is 5.91 Å². The van der Waals surface area contributed by atoms with Crippen molar-refractivity contribution in [2.24, 2.45) is 11.7 Å². The van der Waals surface area contributed by atoms with Crippen LogP contribution in [0.2, 0.25) is 0 Å². The molecule has 1 aliphatic heterocycles. The molecule has 1 atom stereocenters. The highest BCUT2D eigenvalue weighted by molar-refractivity contribution is 7.98. The number of halogens is 1. The molecule has 0 spiro atoms. The molecule has 0 unspecified atom stereocenters. The van der Waals surface area contributed by atoms with E-state index >= 15 is 0 Å². The molecular formula is C17H24FN3O2S. The van der Waals surface area contributed by atoms with E-state index in [0.29, 0.717) is 19.6 Å². The van der Waals surface area contributed by atoms with E-state index in [4.69, 9.17) is 5.73 Å². The topological polar surface area (TPSA) is 75.4 Å². The summed E-state index contributed by atoms with van der Waals surface area (Å²) in [5.41, 5.74) is 6.37. The molecule has 0 radical (unpaired) electrons. The monoisotopic (exact) mass is 353 g/mol. The molecular weight excluding hydrogens is 329 g/mol. The number of amides is 3. The Hall–Kier alpha value is -1.76. The Balaban J connectivity index is 1.57. The number of thioether (sulfide) groups is 1. The molecule has 0 saturated carbocycles. The van der Waals surface area contributed by atoms with Crippen LogP contribution >= 0.6 is 11.8 Å². The largest absolute Gasteiger partial charge is 0.356 e. The number of nitrogens with zero attached hydrogens (tertiary/aromatic N) is 1. The third-order valence-corrected chi connectivity index (χ3v) is 5.17. The van der Waals surface area contributed by atoms with Gasteiger partial charge in [-0.15, -0.1) is 0 Å². The molecule has 7 heteroatoms. The van der Waals surface area contributed by atoms with Crippen LogP contribution in [0.15, 0.2) is 24.3 Å². The second kappa shape index (κ2) is 9.52. The van der Waals surface area contributed by atoms with Crippen LogP contribution in [0.5, 0.6) is 0 Å². The number of rotatable bonds is 7. The molecule has 0 aromatic heterocycles. The fraction of sp³-hybridized carbons (Fsp3) is 0.529. The summed E-state index contributed by atoms with van der Waals surface area (Å²) in [6.07, 6.45) is 2.49. The van der Waals surface area contributed by atoms with Gasteiger partial charge in [0.1, 0.15) is 5.82 Å². The Morgan fingerprint density at radius 1 is 1.33 bits per heavy atom. The van der Waals surface area contributed by atoms with Crippen molar-refractivity contribution >= 4 is 23.7 Å². The molecule has 132 valence electrons. The van der Waals surface area contributed by atoms with E-state index in [0.717, 1.165) is 36.3 Å². The standard InChI is InChI=1S/C17H24FN3O2S/c18-15-6-4-13(5-7-15)12-24-10-2-8-20-16(22)14-3-1-9-21(11-14)17(19)23/h4-7,14H,1-3,8-12H2,(H2,19,23)(H,20,22)/t14-/m1/s1. The van der Waals surface area contributed by atoms with Gasteiger partial charge in [-0.25, -0.2) is 9.18 Å². The van der Waals surface area contributed by atoms with Crippen molar-refractivity contribution in [3.8, 4) is 0 Å². The van der Waals surface area contributed by atoms with Crippen LogP contribution in [-0.4, -0.2) is 42.2 Å². The molecule has 5 nitrogen and oxygen atoms in total. The van der Waals surface area contributed by atoms with Crippen molar-refractivity contribution in [2.75, 3.05) is 25.4 Å². The molecule has 2 rings (SSSR count). The van der Waals surface area contributed by atoms with E-state index in [1.54, 1.807) is 23.9 Å². The van der Waals surface area contributed by atoms with Crippen molar-refractivity contribution < 1.29 is 14.0 Å². The third-order valence-electron chi connectivity index (χ3n) is 4.05. The van der Waals surface area contributed by atoms with Crippen molar-refractivity contribution in [1.29, 1.82) is 0 Å². The Bertz CT molecular complexity index is 553. The van der Waals surface area contributed by atoms with Gasteiger partial charge in [0, 0.05) is 25.4 Å². The van der Waals surface area contributed by atoms with Crippen LogP contribution in [0, 0.1) is 11.7 Å². The summed E-state index contributed by atoms with van der Waals surface area (Å²) in [5.74, 6) is 1.40. The first kappa shape index (κ1) is 18.6. The highest BCUT2D eigenvalue weighted by Gasteiger charge is 2.26. The van der Waals surface area contributed by atoms with E-state index in [2.05, 4.69) is 5.32 Å². The molecule has 3 amide bonds. The van der Waals surface area contributed by atoms with Crippen molar-refractivity contribution in [3.63, 3.8) is 0 Å². The van der Waals surface area contributed by atoms with Crippen LogP contribution in [0.4, 0.5) is 9.18 Å². The second-order valence-corrected chi connectivity index (χ2v) is 7.05. The highest BCUT2D eigenvalue weighted by atomic mass is 32.2. The summed E-state index contributed by atoms with van der Waals surface area (Å²) in [7, 11) is 0. The average molecular weight is 353 g/mol. The van der Waals surface area contributed by atoms with Gasteiger partial charge in [0.15, 0.2) is 0 Å². The number of nitrogens with two attached hydrogens (primary N) is 1. The van der Waals surface area contributed by atoms with Gasteiger partial charge >= 0.3 is 6.03 Å². The van der Waals surface area contributed by atoms with E-state index < -0.39 is 6.03 Å². The van der Waals surface area contributed by atoms with Gasteiger partial charge in [-0.1, -0.05) is 12.1 Å². The minimum atomic E-state index is -0.454. The molecule has 24 heavy (non-hydrogen) atoms. The summed E-state index contributed by atoms with van der Waals surface area (Å²) in [6.45, 7) is 1.68. The first-order chi connectivity index (χ1) is 11.6. The Morgan fingerprint density at radius 3 is 2.79 bits per heavy atom. The first-order valence-electron chi connectivity index (χ1n) is 8.20. The number of benzene rings is 1. The maximum atomic E-state index is 12.8. The predicted molar refractivity (Wildman–Crippen MR) is 94.1 cm³/mol. The van der Waals surface area contributed by atoms with E-state index in [9.17, 15) is 14.0 Å². The summed E-state index contributed by atoms with van der Waals surface area (Å²) >= 11 is 1.76. The molecule has 0 bridgehead atoms. The fourth-order valence-corrected chi connectivity index (χ4v) is 3.61. The number of likely N-dealkylation sites (tertiary alicyclic amines) is 1. The normalized spacial score (nSPS) is 17.5. The highest BCUT2D eigenvalue weighted by Crippen LogP contribution is 2.16. The zero-order chi connectivity index (χ0) is 17.4. The van der Waals surface area contributed by atoms with Gasteiger partial charge in [-0.05, 0) is 42.7 Å². The van der Waals surface area contributed by atoms with Crippen LogP contribution in [-0.2, 0) is 10.5 Å². The summed E-state index contributed by atoms with van der Waals surface area (Å²) in [5, 5.41) is 2.94. The lowest BCUT2D eigenvalue weighted by atomic mass is 9.97. The lowest BCUT2D eigenvalue weighted by molar-refractivity contribution is -0.126. The van der Waals surface area contributed by atoms with Gasteiger partial charge in [0.25, 0.3) is 0 Å². The molecule has 3 N–H and O–H groups in total. The molecule has 1 aliphatic rings. The van der Waals surface area contributed by atoms with Crippen molar-refractivity contribution in [2.45, 2.75) is 25.0 Å². The average Bonchev–Trinajstić information content (AvgIpc) is 2.59. The van der Waals surface area contributed by atoms with Gasteiger partial charge in [-0.3, -0.25) is 4.79 Å². The second-order valence-electron chi connectivity index (χ2n) is 5.95. The Kier molecular flexibility index (Phi) is 7.36. The lowest BCUT2D eigenvalue weighted by Crippen LogP contribution is -2.47. The van der Waals surface area contributed by atoms with Crippen molar-refractivity contribution in [1.82, 2.24) is 10.2 Å². The zero-order valence-corrected chi connectivity index (χ0v) is 14.5. The van der Waals surface area contributed by atoms with E-state index in [-0.39, 0.29) is 17.6 Å². The smallest absolute Gasteiger partial charge is 0.314 e. The first-order valence-corrected chi connectivity index (χ1v) is 9.36. The number of nitrogens with one attached hydrogen (secondary N) is 1. The Labute approximate surface area is 146 Å². The fourth-order valence-electron chi connectivity index (χ4n) is 2.69. The van der Waals surface area contributed by atoms with E-state index in [1.165, 1.54) is 17.0 Å². The van der Waals surface area contributed by atoms with Crippen LogP contribution in [0.1, 0.15) is 24.8 Å². The number of carbonyl (C=O) groups excluding carboxylic acids is 2. The third kappa shape index (κ3) is 6.03. The molecule has 1 aromatic carbocycles. The zero-order valence-electron chi connectivity index (χ0n) is 13.7. The number of hydrogen-bond acceptors (Lipinski definition) is 3. The maximum Gasteiger partial charge on any atom is 0.314 e. The molecule has 1 saturated heterocycles. The quantitative estimate of drug-likeness (QED) is 0.739. The number of urea groups is 1. The van der Waals surface area contributed by atoms with Crippen molar-refractivity contribution in [3.05, 3.63) is 35.6 Å². The van der Waals surface area contributed by atoms with Gasteiger partial charge in [-0.2, -0.15) is 11.8 Å². The Morgan fingerprint density at radius 2 is 2.08 bits per heavy atom. The molecule has 0 aliphatic carbocycles. The molecule has 1 fully saturated rings. The predicted octanol–water partition coefficient (Wildman–Crippen LogP) is 2.36. The van der Waals surface area contributed by atoms with Crippen LogP contribution in [0.3, 0.4) is 0 Å². The SMILES string of the molecule is NC(=O)N1CCC[C@@H](C(=O)NCCCSCc2ccc(F)cc2)C1. The number of carbonyl (C=O) groups is 2. The lowest BCUT2D eigenvalue weighted by Gasteiger charge is -2.30. The van der Waals surface area contributed by atoms with Gasteiger partial charge < -0.3 is 16.0 Å². The van der Waals surface area contributed by atoms with Crippen LogP contribution in [0.25, 0.3) is 0 Å². The molecule has 1 heterocycles. The summed E-state index contributed by atoms with van der Waals surface area (Å²) < 4.78 is 12.8. The number of hydrogen-bond donors (Lipinski definition) is 2. The minimum Gasteiger partial charge on any atom is -0.356 e. The number of primary amides is 1. The van der Waals surface area contributed by atoms with Crippen LogP contribution < -0.4 is 11.1 Å². The van der Waals surface area contributed by atoms with Gasteiger partial charge in [0.05, 0.1) is 5.92 Å². The summed E-state index contributed by atoms with van der Waals surface area (Å²) in [6, 6.07) is 6.06. The van der Waals surface area contributed by atoms with E-state index in [1.807, 2.05) is 0 Å². The maximum absolute atomic E-state index is 12.8.